The third-order valence-corrected chi connectivity index (χ3v) is 3.89. The van der Waals surface area contributed by atoms with E-state index in [0.29, 0.717) is 11.1 Å². The molecule has 1 aliphatic carbocycles. The van der Waals surface area contributed by atoms with Crippen molar-refractivity contribution in [2.24, 2.45) is 0 Å². The van der Waals surface area contributed by atoms with Crippen LogP contribution in [0.2, 0.25) is 0 Å². The predicted octanol–water partition coefficient (Wildman–Crippen LogP) is 5.01. The monoisotopic (exact) mass is 262 g/mol. The van der Waals surface area contributed by atoms with Crippen molar-refractivity contribution in [2.75, 3.05) is 0 Å². The first-order valence-corrected chi connectivity index (χ1v) is 6.14. The summed E-state index contributed by atoms with van der Waals surface area (Å²) in [7, 11) is 0. The zero-order chi connectivity index (χ0) is 13.8. The number of hydrogen-bond acceptors (Lipinski definition) is 0. The van der Waals surface area contributed by atoms with Crippen molar-refractivity contribution in [2.45, 2.75) is 25.4 Å². The highest BCUT2D eigenvalue weighted by atomic mass is 19.4. The molecule has 0 nitrogen and oxygen atoms in total. The molecule has 0 aliphatic heterocycles. The van der Waals surface area contributed by atoms with Gasteiger partial charge in [0.1, 0.15) is 0 Å². The first kappa shape index (κ1) is 12.3. The molecule has 98 valence electrons. The Morgan fingerprint density at radius 3 is 2.16 bits per heavy atom. The molecule has 0 heterocycles. The van der Waals surface area contributed by atoms with Crippen LogP contribution in [0.4, 0.5) is 13.2 Å². The molecule has 0 radical (unpaired) electrons. The van der Waals surface area contributed by atoms with E-state index in [2.05, 4.69) is 0 Å². The molecule has 0 unspecified atom stereocenters. The normalized spacial score (nSPS) is 16.1. The first-order valence-electron chi connectivity index (χ1n) is 6.14. The molecular weight excluding hydrogens is 249 g/mol. The van der Waals surface area contributed by atoms with Gasteiger partial charge in [-0.15, -0.1) is 0 Å². The van der Waals surface area contributed by atoms with E-state index < -0.39 is 17.2 Å². The van der Waals surface area contributed by atoms with Crippen LogP contribution in [-0.4, -0.2) is 0 Å². The lowest BCUT2D eigenvalue weighted by atomic mass is 9.80. The van der Waals surface area contributed by atoms with Crippen LogP contribution in [0.25, 0.3) is 11.1 Å². The summed E-state index contributed by atoms with van der Waals surface area (Å²) in [5.74, 6) is 0. The van der Waals surface area contributed by atoms with Crippen LogP contribution < -0.4 is 0 Å². The number of benzene rings is 2. The molecule has 3 heteroatoms. The minimum absolute atomic E-state index is 0.392. The molecule has 0 amide bonds. The SMILES string of the molecule is CC1(C)c2ccccc2-c2cccc(C(F)(F)F)c21. The van der Waals surface area contributed by atoms with E-state index in [4.69, 9.17) is 0 Å². The lowest BCUT2D eigenvalue weighted by Gasteiger charge is -2.25. The second-order valence-electron chi connectivity index (χ2n) is 5.40. The highest BCUT2D eigenvalue weighted by Gasteiger charge is 2.43. The maximum Gasteiger partial charge on any atom is 0.416 e. The van der Waals surface area contributed by atoms with E-state index in [9.17, 15) is 13.2 Å². The van der Waals surface area contributed by atoms with Crippen LogP contribution in [0.3, 0.4) is 0 Å². The number of alkyl halides is 3. The van der Waals surface area contributed by atoms with Crippen LogP contribution in [-0.2, 0) is 11.6 Å². The van der Waals surface area contributed by atoms with Gasteiger partial charge in [0.25, 0.3) is 0 Å². The average molecular weight is 262 g/mol. The fourth-order valence-electron chi connectivity index (χ4n) is 3.08. The third-order valence-electron chi connectivity index (χ3n) is 3.89. The number of halogens is 3. The molecule has 2 aromatic rings. The zero-order valence-corrected chi connectivity index (χ0v) is 10.7. The van der Waals surface area contributed by atoms with E-state index in [1.165, 1.54) is 12.1 Å². The van der Waals surface area contributed by atoms with E-state index in [1.807, 2.05) is 38.1 Å². The van der Waals surface area contributed by atoms with Crippen LogP contribution in [0, 0.1) is 0 Å². The van der Waals surface area contributed by atoms with Crippen LogP contribution in [0.15, 0.2) is 42.5 Å². The molecule has 2 aromatic carbocycles. The van der Waals surface area contributed by atoms with Gasteiger partial charge in [-0.25, -0.2) is 0 Å². The summed E-state index contributed by atoms with van der Waals surface area (Å²) in [4.78, 5) is 0. The Balaban J connectivity index is 2.39. The van der Waals surface area contributed by atoms with Gasteiger partial charge in [0.15, 0.2) is 0 Å². The van der Waals surface area contributed by atoms with Gasteiger partial charge in [-0.05, 0) is 28.3 Å². The van der Waals surface area contributed by atoms with Crippen molar-refractivity contribution in [1.29, 1.82) is 0 Å². The lowest BCUT2D eigenvalue weighted by molar-refractivity contribution is -0.138. The Hall–Kier alpha value is -1.77. The molecular formula is C16H13F3. The van der Waals surface area contributed by atoms with Crippen molar-refractivity contribution in [3.05, 3.63) is 59.2 Å². The van der Waals surface area contributed by atoms with Crippen molar-refractivity contribution in [1.82, 2.24) is 0 Å². The Kier molecular flexibility index (Phi) is 2.34. The minimum atomic E-state index is -4.31. The van der Waals surface area contributed by atoms with E-state index >= 15 is 0 Å². The molecule has 19 heavy (non-hydrogen) atoms. The Morgan fingerprint density at radius 2 is 1.47 bits per heavy atom. The van der Waals surface area contributed by atoms with Crippen molar-refractivity contribution >= 4 is 0 Å². The lowest BCUT2D eigenvalue weighted by Crippen LogP contribution is -2.21. The van der Waals surface area contributed by atoms with Crippen molar-refractivity contribution < 1.29 is 13.2 Å². The van der Waals surface area contributed by atoms with Crippen molar-refractivity contribution in [3.63, 3.8) is 0 Å². The van der Waals surface area contributed by atoms with Crippen LogP contribution >= 0.6 is 0 Å². The van der Waals surface area contributed by atoms with E-state index in [-0.39, 0.29) is 0 Å². The molecule has 3 rings (SSSR count). The maximum absolute atomic E-state index is 13.2. The molecule has 0 saturated carbocycles. The summed E-state index contributed by atoms with van der Waals surface area (Å²) in [5.41, 5.74) is 1.83. The molecule has 1 aliphatic rings. The maximum atomic E-state index is 13.2. The summed E-state index contributed by atoms with van der Waals surface area (Å²) < 4.78 is 39.6. The number of fused-ring (bicyclic) bond motifs is 3. The summed E-state index contributed by atoms with van der Waals surface area (Å²) in [5, 5.41) is 0. The molecule has 0 aromatic heterocycles. The molecule has 0 spiro atoms. The van der Waals surface area contributed by atoms with Gasteiger partial charge in [0.2, 0.25) is 0 Å². The van der Waals surface area contributed by atoms with Crippen LogP contribution in [0.1, 0.15) is 30.5 Å². The fraction of sp³-hybridized carbons (Fsp3) is 0.250. The molecule has 0 atom stereocenters. The fourth-order valence-corrected chi connectivity index (χ4v) is 3.08. The first-order chi connectivity index (χ1) is 8.83. The van der Waals surface area contributed by atoms with Gasteiger partial charge in [0.05, 0.1) is 5.56 Å². The minimum Gasteiger partial charge on any atom is -0.166 e. The van der Waals surface area contributed by atoms with Gasteiger partial charge < -0.3 is 0 Å². The molecule has 0 saturated heterocycles. The second kappa shape index (κ2) is 3.62. The summed E-state index contributed by atoms with van der Waals surface area (Å²) in [6, 6.07) is 12.0. The quantitative estimate of drug-likeness (QED) is 0.626. The smallest absolute Gasteiger partial charge is 0.166 e. The van der Waals surface area contributed by atoms with Gasteiger partial charge in [-0.2, -0.15) is 13.2 Å². The van der Waals surface area contributed by atoms with Gasteiger partial charge >= 0.3 is 6.18 Å². The van der Waals surface area contributed by atoms with Gasteiger partial charge in [0, 0.05) is 5.41 Å². The Morgan fingerprint density at radius 1 is 0.842 bits per heavy atom. The summed E-state index contributed by atoms with van der Waals surface area (Å²) in [6.07, 6.45) is -4.31. The highest BCUT2D eigenvalue weighted by Crippen LogP contribution is 2.52. The topological polar surface area (TPSA) is 0 Å². The van der Waals surface area contributed by atoms with Crippen molar-refractivity contribution in [3.8, 4) is 11.1 Å². The predicted molar refractivity (Wildman–Crippen MR) is 69.0 cm³/mol. The third kappa shape index (κ3) is 1.61. The highest BCUT2D eigenvalue weighted by molar-refractivity contribution is 5.82. The zero-order valence-electron chi connectivity index (χ0n) is 10.7. The van der Waals surface area contributed by atoms with Gasteiger partial charge in [-0.1, -0.05) is 50.2 Å². The summed E-state index contributed by atoms with van der Waals surface area (Å²) >= 11 is 0. The second-order valence-corrected chi connectivity index (χ2v) is 5.40. The largest absolute Gasteiger partial charge is 0.416 e. The van der Waals surface area contributed by atoms with Crippen LogP contribution in [0.5, 0.6) is 0 Å². The molecule has 0 fully saturated rings. The summed E-state index contributed by atoms with van der Waals surface area (Å²) in [6.45, 7) is 3.71. The van der Waals surface area contributed by atoms with E-state index in [1.54, 1.807) is 6.07 Å². The Bertz CT molecular complexity index is 651. The molecule has 0 bridgehead atoms. The number of hydrogen-bond donors (Lipinski definition) is 0. The standard InChI is InChI=1S/C16H13F3/c1-15(2)12-8-4-3-6-10(12)11-7-5-9-13(14(11)15)16(17,18)19/h3-9H,1-2H3. The Labute approximate surface area is 109 Å². The van der Waals surface area contributed by atoms with E-state index in [0.717, 1.165) is 11.1 Å². The number of rotatable bonds is 0. The van der Waals surface area contributed by atoms with Gasteiger partial charge in [-0.3, -0.25) is 0 Å². The molecule has 0 N–H and O–H groups in total. The average Bonchev–Trinajstić information content (AvgIpc) is 2.59.